The van der Waals surface area contributed by atoms with Gasteiger partial charge < -0.3 is 4.74 Å². The van der Waals surface area contributed by atoms with Crippen LogP contribution < -0.4 is 0 Å². The molecule has 1 aliphatic carbocycles. The van der Waals surface area contributed by atoms with Crippen LogP contribution in [0.4, 0.5) is 4.79 Å². The van der Waals surface area contributed by atoms with E-state index in [9.17, 15) is 9.59 Å². The lowest BCUT2D eigenvalue weighted by atomic mass is 9.75. The zero-order valence-electron chi connectivity index (χ0n) is 15.2. The monoisotopic (exact) mass is 350 g/mol. The number of carbonyl (C=O) groups is 2. The summed E-state index contributed by atoms with van der Waals surface area (Å²) in [4.78, 5) is 32.6. The molecule has 0 amide bonds. The number of benzene rings is 1. The number of aryl methyl sites for hydroxylation is 1. The van der Waals surface area contributed by atoms with Gasteiger partial charge in [-0.2, -0.15) is 0 Å². The van der Waals surface area contributed by atoms with Crippen LogP contribution >= 0.6 is 0 Å². The predicted octanol–water partition coefficient (Wildman–Crippen LogP) is 4.61. The summed E-state index contributed by atoms with van der Waals surface area (Å²) in [5, 5.41) is 4.31. The zero-order valence-corrected chi connectivity index (χ0v) is 15.2. The fourth-order valence-corrected chi connectivity index (χ4v) is 3.32. The van der Waals surface area contributed by atoms with Gasteiger partial charge in [0, 0.05) is 0 Å². The van der Waals surface area contributed by atoms with Crippen LogP contribution in [0.3, 0.4) is 0 Å². The maximum Gasteiger partial charge on any atom is 0.543 e. The molecule has 0 saturated heterocycles. The molecular formula is C19H26O6. The molecule has 2 rings (SSSR count). The molecule has 0 aliphatic heterocycles. The van der Waals surface area contributed by atoms with E-state index in [-0.39, 0.29) is 6.10 Å². The molecule has 0 aromatic heterocycles. The van der Waals surface area contributed by atoms with Gasteiger partial charge in [0.15, 0.2) is 0 Å². The van der Waals surface area contributed by atoms with Crippen molar-refractivity contribution in [1.82, 2.24) is 0 Å². The summed E-state index contributed by atoms with van der Waals surface area (Å²) in [5.41, 5.74) is 1.06. The molecule has 0 N–H and O–H groups in total. The maximum absolute atomic E-state index is 11.8. The fourth-order valence-electron chi connectivity index (χ4n) is 3.32. The van der Waals surface area contributed by atoms with E-state index in [4.69, 9.17) is 4.74 Å². The van der Waals surface area contributed by atoms with E-state index in [2.05, 4.69) is 35.6 Å². The standard InChI is InChI=1S/C19H26O6/c1-12(2)15-10-9-13(3)11-17(15)22-19(21)24-25-23-18(20)16-8-6-5-7-14(16)4/h5-8,12-13,15,17H,9-11H2,1-4H3. The number of hydrogen-bond donors (Lipinski definition) is 0. The first-order valence-corrected chi connectivity index (χ1v) is 8.70. The lowest BCUT2D eigenvalue weighted by Crippen LogP contribution is -2.36. The molecule has 1 saturated carbocycles. The number of rotatable bonds is 5. The van der Waals surface area contributed by atoms with Gasteiger partial charge in [-0.05, 0) is 49.1 Å². The van der Waals surface area contributed by atoms with Crippen molar-refractivity contribution in [3.8, 4) is 0 Å². The summed E-state index contributed by atoms with van der Waals surface area (Å²) in [6, 6.07) is 6.87. The quantitative estimate of drug-likeness (QED) is 0.439. The van der Waals surface area contributed by atoms with Crippen LogP contribution in [0.1, 0.15) is 56.0 Å². The van der Waals surface area contributed by atoms with E-state index in [1.165, 1.54) is 0 Å². The molecule has 3 unspecified atom stereocenters. The Morgan fingerprint density at radius 3 is 2.52 bits per heavy atom. The molecule has 6 nitrogen and oxygen atoms in total. The lowest BCUT2D eigenvalue weighted by molar-refractivity contribution is -0.453. The normalized spacial score (nSPS) is 23.2. The van der Waals surface area contributed by atoms with Crippen LogP contribution in [-0.4, -0.2) is 18.2 Å². The SMILES string of the molecule is Cc1ccccc1C(=O)OOOC(=O)OC1CC(C)CCC1C(C)C. The van der Waals surface area contributed by atoms with Crippen molar-refractivity contribution in [2.75, 3.05) is 0 Å². The second-order valence-corrected chi connectivity index (χ2v) is 7.07. The van der Waals surface area contributed by atoms with Gasteiger partial charge in [-0.25, -0.2) is 14.5 Å². The minimum atomic E-state index is -0.998. The van der Waals surface area contributed by atoms with E-state index in [1.54, 1.807) is 31.2 Å². The first-order chi connectivity index (χ1) is 11.9. The van der Waals surface area contributed by atoms with Crippen LogP contribution in [0.25, 0.3) is 0 Å². The molecule has 1 aliphatic rings. The molecule has 6 heteroatoms. The minimum absolute atomic E-state index is 0.216. The molecule has 0 spiro atoms. The largest absolute Gasteiger partial charge is 0.543 e. The Morgan fingerprint density at radius 1 is 1.12 bits per heavy atom. The van der Waals surface area contributed by atoms with Crippen LogP contribution in [0, 0.1) is 24.7 Å². The van der Waals surface area contributed by atoms with E-state index in [1.807, 2.05) is 0 Å². The summed E-state index contributed by atoms with van der Waals surface area (Å²) in [7, 11) is 0. The van der Waals surface area contributed by atoms with Crippen molar-refractivity contribution < 1.29 is 29.1 Å². The minimum Gasteiger partial charge on any atom is -0.429 e. The summed E-state index contributed by atoms with van der Waals surface area (Å²) in [6.45, 7) is 8.13. The van der Waals surface area contributed by atoms with E-state index < -0.39 is 12.1 Å². The first kappa shape index (κ1) is 19.2. The molecule has 0 heterocycles. The van der Waals surface area contributed by atoms with Crippen molar-refractivity contribution in [3.05, 3.63) is 35.4 Å². The van der Waals surface area contributed by atoms with Gasteiger partial charge in [-0.15, -0.1) is 0 Å². The van der Waals surface area contributed by atoms with Crippen LogP contribution in [0.2, 0.25) is 0 Å². The Hall–Kier alpha value is -2.08. The topological polar surface area (TPSA) is 71.1 Å². The van der Waals surface area contributed by atoms with Crippen molar-refractivity contribution in [1.29, 1.82) is 0 Å². The Labute approximate surface area is 148 Å². The molecular weight excluding hydrogens is 324 g/mol. The molecule has 1 aromatic rings. The highest BCUT2D eigenvalue weighted by atomic mass is 17.5. The van der Waals surface area contributed by atoms with E-state index in [0.717, 1.165) is 24.8 Å². The van der Waals surface area contributed by atoms with Gasteiger partial charge in [0.05, 0.1) is 10.6 Å². The zero-order chi connectivity index (χ0) is 18.4. The third-order valence-electron chi connectivity index (χ3n) is 4.79. The fraction of sp³-hybridized carbons (Fsp3) is 0.579. The van der Waals surface area contributed by atoms with E-state index >= 15 is 0 Å². The second kappa shape index (κ2) is 8.85. The van der Waals surface area contributed by atoms with Gasteiger partial charge in [0.1, 0.15) is 6.10 Å². The van der Waals surface area contributed by atoms with Crippen LogP contribution in [-0.2, 0) is 19.6 Å². The molecule has 1 fully saturated rings. The van der Waals surface area contributed by atoms with Crippen molar-refractivity contribution in [2.45, 2.75) is 53.1 Å². The number of ether oxygens (including phenoxy) is 1. The predicted molar refractivity (Wildman–Crippen MR) is 90.4 cm³/mol. The van der Waals surface area contributed by atoms with Gasteiger partial charge >= 0.3 is 12.1 Å². The Balaban J connectivity index is 1.80. The van der Waals surface area contributed by atoms with Crippen molar-refractivity contribution in [3.63, 3.8) is 0 Å². The average Bonchev–Trinajstić information content (AvgIpc) is 2.54. The number of carbonyl (C=O) groups excluding carboxylic acids is 2. The highest BCUT2D eigenvalue weighted by molar-refractivity contribution is 5.90. The Kier molecular flexibility index (Phi) is 6.82. The molecule has 0 radical (unpaired) electrons. The van der Waals surface area contributed by atoms with Crippen molar-refractivity contribution >= 4 is 12.1 Å². The molecule has 0 bridgehead atoms. The highest BCUT2D eigenvalue weighted by Gasteiger charge is 2.34. The lowest BCUT2D eigenvalue weighted by Gasteiger charge is -2.36. The highest BCUT2D eigenvalue weighted by Crippen LogP contribution is 2.35. The van der Waals surface area contributed by atoms with Crippen molar-refractivity contribution in [2.24, 2.45) is 17.8 Å². The summed E-state index contributed by atoms with van der Waals surface area (Å²) in [5.74, 6) is 0.452. The Morgan fingerprint density at radius 2 is 1.84 bits per heavy atom. The maximum atomic E-state index is 11.8. The molecule has 1 aromatic carbocycles. The van der Waals surface area contributed by atoms with Crippen LogP contribution in [0.15, 0.2) is 24.3 Å². The number of hydrogen-bond acceptors (Lipinski definition) is 6. The van der Waals surface area contributed by atoms with Crippen LogP contribution in [0.5, 0.6) is 0 Å². The third kappa shape index (κ3) is 5.46. The molecule has 138 valence electrons. The average molecular weight is 350 g/mol. The van der Waals surface area contributed by atoms with E-state index in [0.29, 0.717) is 23.3 Å². The smallest absolute Gasteiger partial charge is 0.429 e. The third-order valence-corrected chi connectivity index (χ3v) is 4.79. The van der Waals surface area contributed by atoms with Gasteiger partial charge in [-0.1, -0.05) is 45.4 Å². The molecule has 25 heavy (non-hydrogen) atoms. The summed E-state index contributed by atoms with van der Waals surface area (Å²) in [6.07, 6.45) is 1.72. The van der Waals surface area contributed by atoms with Gasteiger partial charge in [-0.3, -0.25) is 4.89 Å². The molecule has 3 atom stereocenters. The van der Waals surface area contributed by atoms with Gasteiger partial charge in [0.25, 0.3) is 0 Å². The Bertz CT molecular complexity index is 597. The second-order valence-electron chi connectivity index (χ2n) is 7.07. The summed E-state index contributed by atoms with van der Waals surface area (Å²) >= 11 is 0. The first-order valence-electron chi connectivity index (χ1n) is 8.70. The summed E-state index contributed by atoms with van der Waals surface area (Å²) < 4.78 is 5.37. The van der Waals surface area contributed by atoms with Gasteiger partial charge in [0.2, 0.25) is 0 Å².